The highest BCUT2D eigenvalue weighted by molar-refractivity contribution is 5.70. The maximum absolute atomic E-state index is 11.1. The van der Waals surface area contributed by atoms with E-state index in [1.54, 1.807) is 0 Å². The lowest BCUT2D eigenvalue weighted by Gasteiger charge is -2.27. The van der Waals surface area contributed by atoms with E-state index >= 15 is 0 Å². The molecule has 0 aromatic heterocycles. The highest BCUT2D eigenvalue weighted by Crippen LogP contribution is 2.53. The van der Waals surface area contributed by atoms with Crippen molar-refractivity contribution in [1.82, 2.24) is 0 Å². The molecule has 2 fully saturated rings. The summed E-state index contributed by atoms with van der Waals surface area (Å²) in [5.74, 6) is 0.00664. The minimum Gasteiger partial charge on any atom is -0.481 e. The van der Waals surface area contributed by atoms with Crippen molar-refractivity contribution in [2.75, 3.05) is 0 Å². The molecule has 1 aromatic rings. The highest BCUT2D eigenvalue weighted by Gasteiger charge is 2.47. The molecule has 0 unspecified atom stereocenters. The third-order valence-corrected chi connectivity index (χ3v) is 4.92. The van der Waals surface area contributed by atoms with Crippen molar-refractivity contribution in [3.63, 3.8) is 0 Å². The molecule has 2 saturated carbocycles. The largest absolute Gasteiger partial charge is 0.481 e. The third kappa shape index (κ3) is 2.54. The maximum atomic E-state index is 11.1. The molecule has 2 heteroatoms. The van der Waals surface area contributed by atoms with Gasteiger partial charge in [0.15, 0.2) is 0 Å². The Balaban J connectivity index is 1.91. The van der Waals surface area contributed by atoms with E-state index < -0.39 is 5.97 Å². The first-order valence-electron chi connectivity index (χ1n) is 7.52. The predicted octanol–water partition coefficient (Wildman–Crippen LogP) is 4.24. The van der Waals surface area contributed by atoms with Crippen molar-refractivity contribution in [1.29, 1.82) is 0 Å². The summed E-state index contributed by atoms with van der Waals surface area (Å²) in [6, 6.07) is 8.61. The van der Waals surface area contributed by atoms with Crippen molar-refractivity contribution >= 4 is 5.97 Å². The van der Waals surface area contributed by atoms with Crippen LogP contribution in [0.15, 0.2) is 24.3 Å². The predicted molar refractivity (Wildman–Crippen MR) is 75.4 cm³/mol. The fourth-order valence-electron chi connectivity index (χ4n) is 3.73. The molecule has 1 N–H and O–H groups in total. The van der Waals surface area contributed by atoms with Gasteiger partial charge in [-0.15, -0.1) is 0 Å². The molecule has 0 spiro atoms. The summed E-state index contributed by atoms with van der Waals surface area (Å²) in [6.45, 7) is 0. The van der Waals surface area contributed by atoms with Crippen LogP contribution in [0.1, 0.15) is 68.4 Å². The molecule has 0 atom stereocenters. The molecule has 0 radical (unpaired) electrons. The van der Waals surface area contributed by atoms with E-state index in [2.05, 4.69) is 24.3 Å². The number of carboxylic acids is 1. The molecule has 0 aliphatic heterocycles. The first kappa shape index (κ1) is 12.7. The summed E-state index contributed by atoms with van der Waals surface area (Å²) in [5, 5.41) is 9.15. The quantitative estimate of drug-likeness (QED) is 0.877. The molecular formula is C17H22O2. The lowest BCUT2D eigenvalue weighted by molar-refractivity contribution is -0.137. The monoisotopic (exact) mass is 258 g/mol. The molecule has 102 valence electrons. The van der Waals surface area contributed by atoms with Crippen LogP contribution in [0.5, 0.6) is 0 Å². The second kappa shape index (κ2) is 4.99. The number of hydrogen-bond acceptors (Lipinski definition) is 1. The Kier molecular flexibility index (Phi) is 3.34. The van der Waals surface area contributed by atoms with E-state index in [-0.39, 0.29) is 5.41 Å². The van der Waals surface area contributed by atoms with Crippen LogP contribution in [-0.2, 0) is 10.2 Å². The van der Waals surface area contributed by atoms with Crippen LogP contribution in [0.25, 0.3) is 0 Å². The lowest BCUT2D eigenvalue weighted by Crippen LogP contribution is -2.17. The third-order valence-electron chi connectivity index (χ3n) is 4.92. The van der Waals surface area contributed by atoms with E-state index in [9.17, 15) is 4.79 Å². The van der Waals surface area contributed by atoms with Gasteiger partial charge in [0, 0.05) is 5.41 Å². The number of benzene rings is 1. The Morgan fingerprint density at radius 2 is 1.84 bits per heavy atom. The summed E-state index contributed by atoms with van der Waals surface area (Å²) in [6.07, 6.45) is 8.96. The summed E-state index contributed by atoms with van der Waals surface area (Å²) >= 11 is 0. The molecule has 0 amide bonds. The number of aliphatic carboxylic acids is 1. The highest BCUT2D eigenvalue weighted by atomic mass is 16.4. The molecule has 0 heterocycles. The zero-order chi connectivity index (χ0) is 13.3. The number of carbonyl (C=O) groups is 1. The molecule has 3 rings (SSSR count). The topological polar surface area (TPSA) is 37.3 Å². The average molecular weight is 258 g/mol. The number of hydrogen-bond donors (Lipinski definition) is 1. The van der Waals surface area contributed by atoms with Crippen LogP contribution in [0, 0.1) is 0 Å². The molecule has 0 bridgehead atoms. The fraction of sp³-hybridized carbons (Fsp3) is 0.588. The molecule has 19 heavy (non-hydrogen) atoms. The van der Waals surface area contributed by atoms with Gasteiger partial charge in [-0.1, -0.05) is 43.5 Å². The van der Waals surface area contributed by atoms with Crippen molar-refractivity contribution in [2.45, 2.75) is 62.7 Å². The Morgan fingerprint density at radius 1 is 1.16 bits per heavy atom. The van der Waals surface area contributed by atoms with Crippen LogP contribution < -0.4 is 0 Å². The Hall–Kier alpha value is -1.31. The van der Waals surface area contributed by atoms with Gasteiger partial charge in [-0.25, -0.2) is 0 Å². The molecule has 2 aliphatic carbocycles. The molecule has 0 saturated heterocycles. The van der Waals surface area contributed by atoms with E-state index in [0.717, 1.165) is 12.8 Å². The summed E-state index contributed by atoms with van der Waals surface area (Å²) in [7, 11) is 0. The van der Waals surface area contributed by atoms with Gasteiger partial charge in [-0.2, -0.15) is 0 Å². The van der Waals surface area contributed by atoms with Crippen molar-refractivity contribution in [3.05, 3.63) is 35.4 Å². The van der Waals surface area contributed by atoms with Gasteiger partial charge in [0.25, 0.3) is 0 Å². The smallest absolute Gasteiger partial charge is 0.304 e. The first-order chi connectivity index (χ1) is 9.21. The van der Waals surface area contributed by atoms with E-state index in [1.807, 2.05) is 0 Å². The fourth-order valence-corrected chi connectivity index (χ4v) is 3.73. The van der Waals surface area contributed by atoms with Crippen molar-refractivity contribution < 1.29 is 9.90 Å². The van der Waals surface area contributed by atoms with Gasteiger partial charge in [0.2, 0.25) is 0 Å². The Morgan fingerprint density at radius 3 is 2.47 bits per heavy atom. The van der Waals surface area contributed by atoms with E-state index in [1.165, 1.54) is 43.2 Å². The second-order valence-corrected chi connectivity index (χ2v) is 6.27. The maximum Gasteiger partial charge on any atom is 0.304 e. The molecule has 2 aliphatic rings. The zero-order valence-corrected chi connectivity index (χ0v) is 11.4. The molecule has 2 nitrogen and oxygen atoms in total. The van der Waals surface area contributed by atoms with Crippen molar-refractivity contribution in [3.8, 4) is 0 Å². The van der Waals surface area contributed by atoms with Gasteiger partial charge in [0.1, 0.15) is 0 Å². The molecule has 1 aromatic carbocycles. The normalized spacial score (nSPS) is 22.1. The van der Waals surface area contributed by atoms with Crippen LogP contribution in [0.2, 0.25) is 0 Å². The molecular weight excluding hydrogens is 236 g/mol. The second-order valence-electron chi connectivity index (χ2n) is 6.27. The summed E-state index contributed by atoms with van der Waals surface area (Å²) in [4.78, 5) is 11.1. The average Bonchev–Trinajstić information content (AvgIpc) is 3.20. The number of rotatable bonds is 4. The van der Waals surface area contributed by atoms with Crippen LogP contribution >= 0.6 is 0 Å². The van der Waals surface area contributed by atoms with Gasteiger partial charge in [-0.3, -0.25) is 4.79 Å². The summed E-state index contributed by atoms with van der Waals surface area (Å²) in [5.41, 5.74) is 2.74. The Labute approximate surface area is 114 Å². The van der Waals surface area contributed by atoms with E-state index in [4.69, 9.17) is 5.11 Å². The lowest BCUT2D eigenvalue weighted by atomic mass is 9.78. The van der Waals surface area contributed by atoms with Gasteiger partial charge in [0.05, 0.1) is 6.42 Å². The Bertz CT molecular complexity index is 468. The van der Waals surface area contributed by atoms with Gasteiger partial charge < -0.3 is 5.11 Å². The van der Waals surface area contributed by atoms with Crippen LogP contribution in [-0.4, -0.2) is 11.1 Å². The summed E-state index contributed by atoms with van der Waals surface area (Å²) < 4.78 is 0. The van der Waals surface area contributed by atoms with E-state index in [0.29, 0.717) is 12.3 Å². The van der Waals surface area contributed by atoms with Crippen LogP contribution in [0.4, 0.5) is 0 Å². The van der Waals surface area contributed by atoms with Crippen molar-refractivity contribution in [2.24, 2.45) is 0 Å². The van der Waals surface area contributed by atoms with Crippen LogP contribution in [0.3, 0.4) is 0 Å². The first-order valence-corrected chi connectivity index (χ1v) is 7.52. The minimum absolute atomic E-state index is 0.0418. The SMILES string of the molecule is O=C(O)CC1(c2ccccc2C2CCCCC2)CC1. The number of carboxylic acid groups (broad SMARTS) is 1. The van der Waals surface area contributed by atoms with Gasteiger partial charge >= 0.3 is 5.97 Å². The minimum atomic E-state index is -0.657. The standard InChI is InChI=1S/C17H22O2/c18-16(19)12-17(10-11-17)15-9-5-4-8-14(15)13-6-2-1-3-7-13/h4-5,8-9,13H,1-3,6-7,10-12H2,(H,18,19). The van der Waals surface area contributed by atoms with Gasteiger partial charge in [-0.05, 0) is 42.7 Å². The zero-order valence-electron chi connectivity index (χ0n) is 11.4.